The quantitative estimate of drug-likeness (QED) is 0.747. The molecule has 2 aromatic rings. The third kappa shape index (κ3) is 2.18. The van der Waals surface area contributed by atoms with Gasteiger partial charge in [-0.1, -0.05) is 0 Å². The maximum absolute atomic E-state index is 11.6. The zero-order valence-electron chi connectivity index (χ0n) is 9.62. The Bertz CT molecular complexity index is 618. The molecular formula is C13H9N3O2. The van der Waals surface area contributed by atoms with Gasteiger partial charge in [0.2, 0.25) is 0 Å². The lowest BCUT2D eigenvalue weighted by atomic mass is 10.1. The Labute approximate surface area is 104 Å². The average molecular weight is 239 g/mol. The number of hydrogen-bond donors (Lipinski definition) is 0. The Balaban J connectivity index is 2.63. The van der Waals surface area contributed by atoms with Gasteiger partial charge in [-0.25, -0.2) is 9.78 Å². The Morgan fingerprint density at radius 2 is 2.00 bits per heavy atom. The largest absolute Gasteiger partial charge is 0.465 e. The van der Waals surface area contributed by atoms with Crippen molar-refractivity contribution in [1.29, 1.82) is 5.26 Å². The standard InChI is InChI=1S/C13H9N3O2/c1-18-13(17)11-3-2-10(8-14)16-12(11)9-4-6-15-7-5-9/h2-7H,1H3. The Morgan fingerprint density at radius 3 is 2.61 bits per heavy atom. The molecule has 0 aliphatic heterocycles. The summed E-state index contributed by atoms with van der Waals surface area (Å²) in [6, 6.07) is 8.40. The Morgan fingerprint density at radius 1 is 1.28 bits per heavy atom. The predicted octanol–water partition coefficient (Wildman–Crippen LogP) is 1.80. The summed E-state index contributed by atoms with van der Waals surface area (Å²) in [6.07, 6.45) is 3.19. The van der Waals surface area contributed by atoms with Gasteiger partial charge in [0.15, 0.2) is 0 Å². The number of nitriles is 1. The van der Waals surface area contributed by atoms with E-state index in [1.165, 1.54) is 19.2 Å². The van der Waals surface area contributed by atoms with Gasteiger partial charge in [-0.15, -0.1) is 0 Å². The molecule has 5 heteroatoms. The lowest BCUT2D eigenvalue weighted by molar-refractivity contribution is 0.0601. The highest BCUT2D eigenvalue weighted by Gasteiger charge is 2.15. The highest BCUT2D eigenvalue weighted by Crippen LogP contribution is 2.21. The van der Waals surface area contributed by atoms with Crippen LogP contribution >= 0.6 is 0 Å². The summed E-state index contributed by atoms with van der Waals surface area (Å²) in [5.41, 5.74) is 1.70. The number of carbonyl (C=O) groups is 1. The summed E-state index contributed by atoms with van der Waals surface area (Å²) in [6.45, 7) is 0. The summed E-state index contributed by atoms with van der Waals surface area (Å²) in [5, 5.41) is 8.85. The van der Waals surface area contributed by atoms with Crippen molar-refractivity contribution in [1.82, 2.24) is 9.97 Å². The van der Waals surface area contributed by atoms with Crippen LogP contribution < -0.4 is 0 Å². The first-order valence-corrected chi connectivity index (χ1v) is 5.16. The number of carbonyl (C=O) groups excluding carboxylic acids is 1. The second-order valence-electron chi connectivity index (χ2n) is 3.43. The minimum atomic E-state index is -0.487. The number of esters is 1. The number of hydrogen-bond acceptors (Lipinski definition) is 5. The third-order valence-electron chi connectivity index (χ3n) is 2.37. The van der Waals surface area contributed by atoms with Crippen molar-refractivity contribution in [2.45, 2.75) is 0 Å². The van der Waals surface area contributed by atoms with Crippen LogP contribution in [0, 0.1) is 11.3 Å². The van der Waals surface area contributed by atoms with E-state index in [0.29, 0.717) is 16.8 Å². The molecule has 2 rings (SSSR count). The molecule has 88 valence electrons. The Hall–Kier alpha value is -2.74. The molecule has 0 saturated heterocycles. The normalized spacial score (nSPS) is 9.56. The summed E-state index contributed by atoms with van der Waals surface area (Å²) >= 11 is 0. The van der Waals surface area contributed by atoms with E-state index in [-0.39, 0.29) is 5.69 Å². The van der Waals surface area contributed by atoms with Crippen molar-refractivity contribution in [2.24, 2.45) is 0 Å². The van der Waals surface area contributed by atoms with Crippen molar-refractivity contribution in [3.63, 3.8) is 0 Å². The van der Waals surface area contributed by atoms with Crippen LogP contribution in [0.5, 0.6) is 0 Å². The van der Waals surface area contributed by atoms with E-state index in [1.807, 2.05) is 6.07 Å². The first kappa shape index (κ1) is 11.7. The molecule has 0 saturated carbocycles. The molecule has 0 radical (unpaired) electrons. The van der Waals surface area contributed by atoms with Gasteiger partial charge in [0, 0.05) is 18.0 Å². The van der Waals surface area contributed by atoms with E-state index in [4.69, 9.17) is 10.00 Å². The molecule has 5 nitrogen and oxygen atoms in total. The van der Waals surface area contributed by atoms with E-state index in [1.54, 1.807) is 24.5 Å². The van der Waals surface area contributed by atoms with Crippen LogP contribution in [0.25, 0.3) is 11.3 Å². The molecule has 18 heavy (non-hydrogen) atoms. The Kier molecular flexibility index (Phi) is 3.30. The zero-order chi connectivity index (χ0) is 13.0. The van der Waals surface area contributed by atoms with Crippen molar-refractivity contribution >= 4 is 5.97 Å². The molecule has 0 spiro atoms. The number of nitrogens with zero attached hydrogens (tertiary/aromatic N) is 3. The van der Waals surface area contributed by atoms with Gasteiger partial charge in [-0.05, 0) is 24.3 Å². The second-order valence-corrected chi connectivity index (χ2v) is 3.43. The molecule has 2 aromatic heterocycles. The molecule has 0 amide bonds. The monoisotopic (exact) mass is 239 g/mol. The van der Waals surface area contributed by atoms with Gasteiger partial charge in [-0.2, -0.15) is 5.26 Å². The van der Waals surface area contributed by atoms with Gasteiger partial charge in [0.25, 0.3) is 0 Å². The van der Waals surface area contributed by atoms with Crippen LogP contribution in [-0.4, -0.2) is 23.0 Å². The van der Waals surface area contributed by atoms with Crippen LogP contribution in [-0.2, 0) is 4.74 Å². The van der Waals surface area contributed by atoms with Gasteiger partial charge in [0.1, 0.15) is 11.8 Å². The lowest BCUT2D eigenvalue weighted by Gasteiger charge is -2.07. The van der Waals surface area contributed by atoms with Crippen LogP contribution in [0.1, 0.15) is 16.1 Å². The number of aromatic nitrogens is 2. The van der Waals surface area contributed by atoms with E-state index in [0.717, 1.165) is 0 Å². The average Bonchev–Trinajstić information content (AvgIpc) is 2.46. The molecule has 0 aliphatic rings. The fourth-order valence-electron chi connectivity index (χ4n) is 1.53. The van der Waals surface area contributed by atoms with Crippen LogP contribution in [0.2, 0.25) is 0 Å². The highest BCUT2D eigenvalue weighted by atomic mass is 16.5. The highest BCUT2D eigenvalue weighted by molar-refractivity contribution is 5.96. The molecule has 0 aliphatic carbocycles. The van der Waals surface area contributed by atoms with Crippen molar-refractivity contribution < 1.29 is 9.53 Å². The lowest BCUT2D eigenvalue weighted by Crippen LogP contribution is -2.06. The van der Waals surface area contributed by atoms with E-state index in [9.17, 15) is 4.79 Å². The fraction of sp³-hybridized carbons (Fsp3) is 0.0769. The molecule has 0 aromatic carbocycles. The van der Waals surface area contributed by atoms with E-state index in [2.05, 4.69) is 9.97 Å². The topological polar surface area (TPSA) is 75.9 Å². The number of rotatable bonds is 2. The van der Waals surface area contributed by atoms with Crippen LogP contribution in [0.3, 0.4) is 0 Å². The SMILES string of the molecule is COC(=O)c1ccc(C#N)nc1-c1ccncc1. The summed E-state index contributed by atoms with van der Waals surface area (Å²) in [7, 11) is 1.30. The smallest absolute Gasteiger partial charge is 0.340 e. The summed E-state index contributed by atoms with van der Waals surface area (Å²) in [5.74, 6) is -0.487. The van der Waals surface area contributed by atoms with Crippen molar-refractivity contribution in [3.8, 4) is 17.3 Å². The molecule has 0 atom stereocenters. The minimum Gasteiger partial charge on any atom is -0.465 e. The maximum Gasteiger partial charge on any atom is 0.340 e. The fourth-order valence-corrected chi connectivity index (χ4v) is 1.53. The van der Waals surface area contributed by atoms with Gasteiger partial charge in [0.05, 0.1) is 18.4 Å². The number of methoxy groups -OCH3 is 1. The molecule has 0 fully saturated rings. The zero-order valence-corrected chi connectivity index (χ0v) is 9.62. The third-order valence-corrected chi connectivity index (χ3v) is 2.37. The van der Waals surface area contributed by atoms with Crippen molar-refractivity contribution in [3.05, 3.63) is 47.9 Å². The van der Waals surface area contributed by atoms with Gasteiger partial charge in [-0.3, -0.25) is 4.98 Å². The summed E-state index contributed by atoms with van der Waals surface area (Å²) < 4.78 is 4.69. The molecule has 0 bridgehead atoms. The summed E-state index contributed by atoms with van der Waals surface area (Å²) in [4.78, 5) is 19.7. The minimum absolute atomic E-state index is 0.245. The van der Waals surface area contributed by atoms with E-state index < -0.39 is 5.97 Å². The van der Waals surface area contributed by atoms with Crippen LogP contribution in [0.4, 0.5) is 0 Å². The van der Waals surface area contributed by atoms with Gasteiger partial charge < -0.3 is 4.74 Å². The molecule has 0 unspecified atom stereocenters. The second kappa shape index (κ2) is 5.06. The van der Waals surface area contributed by atoms with E-state index >= 15 is 0 Å². The number of pyridine rings is 2. The van der Waals surface area contributed by atoms with Gasteiger partial charge >= 0.3 is 5.97 Å². The molecular weight excluding hydrogens is 230 g/mol. The first-order chi connectivity index (χ1) is 8.76. The predicted molar refractivity (Wildman–Crippen MR) is 63.5 cm³/mol. The van der Waals surface area contributed by atoms with Crippen molar-refractivity contribution in [2.75, 3.05) is 7.11 Å². The molecule has 2 heterocycles. The van der Waals surface area contributed by atoms with Crippen LogP contribution in [0.15, 0.2) is 36.7 Å². The molecule has 0 N–H and O–H groups in total. The first-order valence-electron chi connectivity index (χ1n) is 5.16. The number of ether oxygens (including phenoxy) is 1. The maximum atomic E-state index is 11.6.